The number of rotatable bonds is 28. The summed E-state index contributed by atoms with van der Waals surface area (Å²) in [5, 5.41) is 9.15. The third kappa shape index (κ3) is 15.1. The van der Waals surface area contributed by atoms with Gasteiger partial charge in [-0.3, -0.25) is 23.0 Å². The van der Waals surface area contributed by atoms with Crippen LogP contribution in [0.15, 0.2) is 82.3 Å². The first-order valence-corrected chi connectivity index (χ1v) is 26.9. The van der Waals surface area contributed by atoms with Crippen molar-refractivity contribution in [3.63, 3.8) is 0 Å². The van der Waals surface area contributed by atoms with E-state index in [0.29, 0.717) is 79.5 Å². The van der Waals surface area contributed by atoms with Gasteiger partial charge in [0, 0.05) is 54.6 Å². The molecule has 0 saturated carbocycles. The van der Waals surface area contributed by atoms with Gasteiger partial charge in [-0.2, -0.15) is 38.2 Å². The molecule has 23 heteroatoms. The van der Waals surface area contributed by atoms with E-state index in [1.807, 2.05) is 9.48 Å². The van der Waals surface area contributed by atoms with Crippen molar-refractivity contribution in [1.29, 1.82) is 0 Å². The second kappa shape index (κ2) is 22.7. The minimum atomic E-state index is -4.65. The van der Waals surface area contributed by atoms with Crippen LogP contribution in [0.4, 0.5) is 11.4 Å². The van der Waals surface area contributed by atoms with Crippen LogP contribution in [-0.2, 0) is 70.3 Å². The Morgan fingerprint density at radius 1 is 0.692 bits per heavy atom. The summed E-state index contributed by atoms with van der Waals surface area (Å²) in [7, 11) is -16.5. The summed E-state index contributed by atoms with van der Waals surface area (Å²) in [4.78, 5) is 12.4. The molecule has 2 heterocycles. The van der Waals surface area contributed by atoms with Gasteiger partial charge in [-0.15, -0.1) is 0 Å². The van der Waals surface area contributed by atoms with Gasteiger partial charge in [-0.05, 0) is 94.3 Å². The quantitative estimate of drug-likeness (QED) is 0.0325. The molecule has 0 amide bonds. The fraction of sp³-hybridized carbons (Fsp3) is 0.524. The molecule has 2 atom stereocenters. The number of anilines is 1. The summed E-state index contributed by atoms with van der Waals surface area (Å²) < 4.78 is 154. The predicted molar refractivity (Wildman–Crippen MR) is 242 cm³/mol. The summed E-state index contributed by atoms with van der Waals surface area (Å²) in [5.41, 5.74) is 1.23. The third-order valence-corrected chi connectivity index (χ3v) is 14.7. The van der Waals surface area contributed by atoms with Crippen LogP contribution in [-0.4, -0.2) is 138 Å². The van der Waals surface area contributed by atoms with Crippen LogP contribution in [0.25, 0.3) is 0 Å². The minimum absolute atomic E-state index is 0.0184. The van der Waals surface area contributed by atoms with Gasteiger partial charge in [0.2, 0.25) is 5.69 Å². The Morgan fingerprint density at radius 2 is 1.26 bits per heavy atom. The number of carboxylic acids is 1. The Labute approximate surface area is 381 Å². The number of aliphatic carboxylic acids is 1. The number of unbranched alkanes of at least 4 members (excludes halogenated alkanes) is 2. The van der Waals surface area contributed by atoms with E-state index in [4.69, 9.17) is 19.3 Å². The molecule has 65 heavy (non-hydrogen) atoms. The maximum Gasteiger partial charge on any atom is 0.303 e. The van der Waals surface area contributed by atoms with E-state index in [9.17, 15) is 56.7 Å². The average Bonchev–Trinajstić information content (AvgIpc) is 3.56. The smallest absolute Gasteiger partial charge is 0.303 e. The highest BCUT2D eigenvalue weighted by atomic mass is 32.2. The normalized spacial score (nSPS) is 19.9. The highest BCUT2D eigenvalue weighted by molar-refractivity contribution is 7.86. The van der Waals surface area contributed by atoms with Crippen molar-refractivity contribution in [3.05, 3.63) is 83.6 Å². The average molecular weight is 992 g/mol. The number of fused-ring (bicyclic) bond motifs is 2. The number of hydrogen-bond donors (Lipinski definition) is 5. The van der Waals surface area contributed by atoms with Gasteiger partial charge in [-0.25, -0.2) is 0 Å². The lowest BCUT2D eigenvalue weighted by atomic mass is 9.76. The zero-order chi connectivity index (χ0) is 48.3. The molecule has 0 aliphatic carbocycles. The molecule has 0 saturated heterocycles. The minimum Gasteiger partial charge on any atom is -0.481 e. The zero-order valence-corrected chi connectivity index (χ0v) is 39.8. The predicted octanol–water partition coefficient (Wildman–Crippen LogP) is 4.97. The summed E-state index contributed by atoms with van der Waals surface area (Å²) >= 11 is 0. The monoisotopic (exact) mass is 991 g/mol. The number of hydrogen-bond acceptors (Lipinski definition) is 13. The molecule has 5 N–H and O–H groups in total. The number of allylic oxidation sites excluding steroid dienone is 6. The van der Waals surface area contributed by atoms with Gasteiger partial charge in [0.25, 0.3) is 40.5 Å². The van der Waals surface area contributed by atoms with Gasteiger partial charge < -0.3 is 24.2 Å². The van der Waals surface area contributed by atoms with Gasteiger partial charge in [0.05, 0.1) is 53.1 Å². The van der Waals surface area contributed by atoms with E-state index >= 15 is 0 Å². The van der Waals surface area contributed by atoms with Crippen LogP contribution in [0.2, 0.25) is 0 Å². The Morgan fingerprint density at radius 3 is 1.85 bits per heavy atom. The van der Waals surface area contributed by atoms with E-state index in [1.54, 1.807) is 63.5 Å². The highest BCUT2D eigenvalue weighted by Crippen LogP contribution is 2.51. The number of carbonyl (C=O) groups is 1. The molecule has 0 radical (unpaired) electrons. The molecule has 19 nitrogen and oxygen atoms in total. The fourth-order valence-corrected chi connectivity index (χ4v) is 10.3. The third-order valence-electron chi connectivity index (χ3n) is 11.4. The van der Waals surface area contributed by atoms with Crippen molar-refractivity contribution in [2.45, 2.75) is 85.8 Å². The van der Waals surface area contributed by atoms with E-state index in [1.165, 1.54) is 24.3 Å². The number of carboxylic acid groups (broad SMARTS) is 1. The van der Waals surface area contributed by atoms with Crippen molar-refractivity contribution in [1.82, 2.24) is 0 Å². The van der Waals surface area contributed by atoms with E-state index < -0.39 is 68.8 Å². The lowest BCUT2D eigenvalue weighted by Crippen LogP contribution is -2.32. The van der Waals surface area contributed by atoms with Gasteiger partial charge >= 0.3 is 5.97 Å². The van der Waals surface area contributed by atoms with E-state index in [-0.39, 0.29) is 61.7 Å². The van der Waals surface area contributed by atoms with Crippen LogP contribution in [0.5, 0.6) is 0 Å². The lowest BCUT2D eigenvalue weighted by molar-refractivity contribution is -0.442. The van der Waals surface area contributed by atoms with Crippen LogP contribution >= 0.6 is 0 Å². The summed E-state index contributed by atoms with van der Waals surface area (Å²) in [6.07, 6.45) is 10.3. The van der Waals surface area contributed by atoms with Crippen molar-refractivity contribution >= 4 is 63.5 Å². The first kappa shape index (κ1) is 53.7. The second-order valence-electron chi connectivity index (χ2n) is 16.2. The Hall–Kier alpha value is -3.88. The molecule has 2 aromatic carbocycles. The lowest BCUT2D eigenvalue weighted by Gasteiger charge is -2.30. The van der Waals surface area contributed by atoms with Crippen molar-refractivity contribution < 1.29 is 80.6 Å². The Balaban J connectivity index is 1.80. The van der Waals surface area contributed by atoms with Crippen LogP contribution in [0, 0.1) is 0 Å². The standard InChI is InChI=1S/C42H58N2O17S4/c1-41(19-10-28-62(47,48)49)34-30-32(64(53,54)55)15-17-36(34)43(21-9-5-8-14-40(45)46)38(41)12-6-4-7-13-39-42(2,20-11-29-63(50,51)52)35-31-33(65(56,57)58)16-18-37(35)44(39)22-23-60-26-27-61-25-24-59-3/h4,6-7,12-13,15-18,30-31H,5,8-11,14,19-29H2,1-3H3,(H4-,45,46,47,48,49,50,51,52,53,54,55,56,57,58)/p+1. The molecule has 2 unspecified atom stereocenters. The maximum absolute atomic E-state index is 12.3. The van der Waals surface area contributed by atoms with Crippen LogP contribution in [0.3, 0.4) is 0 Å². The van der Waals surface area contributed by atoms with Crippen LogP contribution in [0.1, 0.15) is 76.3 Å². The summed E-state index contributed by atoms with van der Waals surface area (Å²) in [6, 6.07) is 8.25. The molecule has 4 rings (SSSR count). The van der Waals surface area contributed by atoms with Crippen LogP contribution < -0.4 is 4.90 Å². The first-order valence-electron chi connectivity index (χ1n) is 20.8. The van der Waals surface area contributed by atoms with E-state index in [0.717, 1.165) is 0 Å². The first-order chi connectivity index (χ1) is 30.3. The topological polar surface area (TPSA) is 289 Å². The zero-order valence-electron chi connectivity index (χ0n) is 36.5. The maximum atomic E-state index is 12.3. The van der Waals surface area contributed by atoms with Crippen molar-refractivity contribution in [2.75, 3.05) is 69.6 Å². The molecule has 0 fully saturated rings. The number of nitrogens with zero attached hydrogens (tertiary/aromatic N) is 2. The molecule has 0 aromatic heterocycles. The summed E-state index contributed by atoms with van der Waals surface area (Å²) in [5.74, 6) is -2.08. The molecule has 0 bridgehead atoms. The van der Waals surface area contributed by atoms with Gasteiger partial charge in [0.1, 0.15) is 6.61 Å². The fourth-order valence-electron chi connectivity index (χ4n) is 8.31. The largest absolute Gasteiger partial charge is 0.481 e. The molecule has 362 valence electrons. The number of ether oxygens (including phenoxy) is 3. The molecular weight excluding hydrogens is 933 g/mol. The highest BCUT2D eigenvalue weighted by Gasteiger charge is 2.48. The molecule has 2 aliphatic heterocycles. The summed E-state index contributed by atoms with van der Waals surface area (Å²) in [6.45, 7) is 5.75. The number of benzene rings is 2. The molecule has 0 spiro atoms. The van der Waals surface area contributed by atoms with Crippen molar-refractivity contribution in [2.24, 2.45) is 0 Å². The SMILES string of the molecule is COCCOCCOCC[N+]1=C(/C=C/C=C/C=C2/N(CCCCCC(=O)O)c3ccc(S(=O)(=O)O)cc3C2(C)CCCS(=O)(=O)O)C(C)(CCCS(=O)(=O)O)c2cc(S(=O)(=O)O)ccc21. The Bertz CT molecular complexity index is 2610. The van der Waals surface area contributed by atoms with E-state index in [2.05, 4.69) is 0 Å². The Kier molecular flexibility index (Phi) is 18.8. The second-order valence-corrected chi connectivity index (χ2v) is 22.1. The number of methoxy groups -OCH3 is 1. The molecular formula is C42H59N2O17S4+. The molecule has 2 aliphatic rings. The van der Waals surface area contributed by atoms with Crippen molar-refractivity contribution in [3.8, 4) is 0 Å². The molecule has 2 aromatic rings. The van der Waals surface area contributed by atoms with Gasteiger partial charge in [0.15, 0.2) is 12.3 Å². The van der Waals surface area contributed by atoms with Gasteiger partial charge in [-0.1, -0.05) is 24.6 Å².